The van der Waals surface area contributed by atoms with Crippen molar-refractivity contribution in [3.8, 4) is 0 Å². The van der Waals surface area contributed by atoms with Gasteiger partial charge in [-0.3, -0.25) is 4.79 Å². The van der Waals surface area contributed by atoms with Gasteiger partial charge < -0.3 is 4.74 Å². The van der Waals surface area contributed by atoms with E-state index >= 15 is 0 Å². The van der Waals surface area contributed by atoms with Crippen molar-refractivity contribution >= 4 is 29.4 Å². The van der Waals surface area contributed by atoms with Crippen LogP contribution in [-0.4, -0.2) is 24.7 Å². The molecule has 0 amide bonds. The van der Waals surface area contributed by atoms with Gasteiger partial charge in [0.2, 0.25) is 0 Å². The summed E-state index contributed by atoms with van der Waals surface area (Å²) >= 11 is 5.42. The van der Waals surface area contributed by atoms with E-state index in [9.17, 15) is 14.0 Å². The molecule has 18 heavy (non-hydrogen) atoms. The maximum atomic E-state index is 12.9. The van der Waals surface area contributed by atoms with Gasteiger partial charge in [0.1, 0.15) is 11.4 Å². The van der Waals surface area contributed by atoms with Gasteiger partial charge in [0.25, 0.3) is 0 Å². The molecule has 1 aromatic rings. The minimum absolute atomic E-state index is 0.151. The number of esters is 1. The van der Waals surface area contributed by atoms with Gasteiger partial charge in [0.05, 0.1) is 13.0 Å². The van der Waals surface area contributed by atoms with Crippen LogP contribution >= 0.6 is 11.6 Å². The van der Waals surface area contributed by atoms with Crippen LogP contribution in [0.15, 0.2) is 23.8 Å². The second-order valence-corrected chi connectivity index (χ2v) is 3.87. The largest absolute Gasteiger partial charge is 0.465 e. The summed E-state index contributed by atoms with van der Waals surface area (Å²) in [7, 11) is 1.18. The van der Waals surface area contributed by atoms with Crippen LogP contribution < -0.4 is 0 Å². The Labute approximate surface area is 109 Å². The number of carbonyl (C=O) groups is 2. The van der Waals surface area contributed by atoms with Gasteiger partial charge >= 0.3 is 5.97 Å². The van der Waals surface area contributed by atoms with Crippen molar-refractivity contribution in [3.63, 3.8) is 0 Å². The molecule has 0 aliphatic carbocycles. The Morgan fingerprint density at radius 2 is 2.11 bits per heavy atom. The van der Waals surface area contributed by atoms with Crippen molar-refractivity contribution < 1.29 is 18.7 Å². The van der Waals surface area contributed by atoms with Gasteiger partial charge in [0.15, 0.2) is 5.78 Å². The fourth-order valence-electron chi connectivity index (χ4n) is 1.39. The van der Waals surface area contributed by atoms with E-state index in [2.05, 4.69) is 4.74 Å². The first-order valence-electron chi connectivity index (χ1n) is 5.15. The molecule has 0 atom stereocenters. The van der Waals surface area contributed by atoms with Gasteiger partial charge in [0, 0.05) is 0 Å². The summed E-state index contributed by atoms with van der Waals surface area (Å²) in [4.78, 5) is 23.0. The van der Waals surface area contributed by atoms with Crippen LogP contribution in [0.3, 0.4) is 0 Å². The maximum Gasteiger partial charge on any atom is 0.341 e. The van der Waals surface area contributed by atoms with E-state index in [1.165, 1.54) is 31.4 Å². The fourth-order valence-corrected chi connectivity index (χ4v) is 1.54. The summed E-state index contributed by atoms with van der Waals surface area (Å²) in [6, 6.07) is 4.04. The molecule has 0 aliphatic heterocycles. The van der Waals surface area contributed by atoms with E-state index in [0.717, 1.165) is 0 Å². The minimum atomic E-state index is -0.760. The Bertz CT molecular complexity index is 491. The van der Waals surface area contributed by atoms with Crippen molar-refractivity contribution in [2.24, 2.45) is 0 Å². The topological polar surface area (TPSA) is 43.4 Å². The second kappa shape index (κ2) is 6.31. The number of ether oxygens (including phenoxy) is 1. The summed E-state index contributed by atoms with van der Waals surface area (Å²) in [6.07, 6.45) is 1.35. The molecule has 0 fully saturated rings. The van der Waals surface area contributed by atoms with Crippen LogP contribution in [0, 0.1) is 12.7 Å². The van der Waals surface area contributed by atoms with E-state index in [1.807, 2.05) is 0 Å². The Morgan fingerprint density at radius 1 is 1.44 bits per heavy atom. The zero-order chi connectivity index (χ0) is 13.7. The first kappa shape index (κ1) is 14.4. The van der Waals surface area contributed by atoms with Gasteiger partial charge in [-0.05, 0) is 36.3 Å². The molecule has 96 valence electrons. The Balaban J connectivity index is 3.23. The predicted molar refractivity (Wildman–Crippen MR) is 66.9 cm³/mol. The molecule has 0 aliphatic rings. The number of aryl methyl sites for hydroxylation is 1. The van der Waals surface area contributed by atoms with Crippen LogP contribution in [0.2, 0.25) is 0 Å². The monoisotopic (exact) mass is 270 g/mol. The lowest BCUT2D eigenvalue weighted by molar-refractivity contribution is -0.137. The lowest BCUT2D eigenvalue weighted by atomic mass is 10.0. The van der Waals surface area contributed by atoms with Crippen LogP contribution in [-0.2, 0) is 14.3 Å². The van der Waals surface area contributed by atoms with Crippen molar-refractivity contribution in [1.29, 1.82) is 0 Å². The highest BCUT2D eigenvalue weighted by molar-refractivity contribution is 6.35. The first-order chi connectivity index (χ1) is 8.49. The number of methoxy groups -OCH3 is 1. The molecule has 0 unspecified atom stereocenters. The van der Waals surface area contributed by atoms with Crippen LogP contribution in [0.4, 0.5) is 4.39 Å². The van der Waals surface area contributed by atoms with Crippen molar-refractivity contribution in [2.45, 2.75) is 6.92 Å². The molecular weight excluding hydrogens is 259 g/mol. The molecule has 1 aromatic carbocycles. The third-order valence-electron chi connectivity index (χ3n) is 2.36. The summed E-state index contributed by atoms with van der Waals surface area (Å²) in [5.41, 5.74) is 1.02. The molecule has 3 nitrogen and oxygen atoms in total. The van der Waals surface area contributed by atoms with E-state index in [0.29, 0.717) is 11.1 Å². The molecule has 0 aromatic heterocycles. The highest BCUT2D eigenvalue weighted by atomic mass is 35.5. The lowest BCUT2D eigenvalue weighted by Crippen LogP contribution is -2.15. The second-order valence-electron chi connectivity index (χ2n) is 3.61. The molecule has 0 saturated carbocycles. The maximum absolute atomic E-state index is 12.9. The number of benzene rings is 1. The number of ketones is 1. The number of hydrogen-bond donors (Lipinski definition) is 0. The number of carbonyl (C=O) groups excluding carboxylic acids is 2. The minimum Gasteiger partial charge on any atom is -0.465 e. The number of halogens is 2. The normalized spacial score (nSPS) is 11.2. The zero-order valence-electron chi connectivity index (χ0n) is 10.00. The number of Topliss-reactive ketones (excluding diaryl/α,β-unsaturated/α-hetero) is 1. The molecule has 1 rings (SSSR count). The van der Waals surface area contributed by atoms with Crippen molar-refractivity contribution in [2.75, 3.05) is 13.0 Å². The average Bonchev–Trinajstić information content (AvgIpc) is 2.36. The third kappa shape index (κ3) is 3.40. The molecular formula is C13H12ClFO3. The number of rotatable bonds is 4. The molecule has 0 heterocycles. The van der Waals surface area contributed by atoms with E-state index in [-0.39, 0.29) is 17.3 Å². The molecule has 5 heteroatoms. The Morgan fingerprint density at radius 3 is 2.61 bits per heavy atom. The highest BCUT2D eigenvalue weighted by Gasteiger charge is 2.18. The van der Waals surface area contributed by atoms with Gasteiger partial charge in [-0.1, -0.05) is 6.07 Å². The average molecular weight is 271 g/mol. The SMILES string of the molecule is COC(=O)/C(=C\c1ccc(F)cc1C)C(=O)CCl. The lowest BCUT2D eigenvalue weighted by Gasteiger charge is -2.05. The third-order valence-corrected chi connectivity index (χ3v) is 2.60. The van der Waals surface area contributed by atoms with E-state index in [1.54, 1.807) is 6.92 Å². The zero-order valence-corrected chi connectivity index (χ0v) is 10.8. The predicted octanol–water partition coefficient (Wildman–Crippen LogP) is 2.50. The Hall–Kier alpha value is -1.68. The van der Waals surface area contributed by atoms with Gasteiger partial charge in [-0.25, -0.2) is 9.18 Å². The molecule has 0 radical (unpaired) electrons. The smallest absolute Gasteiger partial charge is 0.341 e. The molecule has 0 spiro atoms. The summed E-state index contributed by atoms with van der Waals surface area (Å²) < 4.78 is 17.4. The van der Waals surface area contributed by atoms with Crippen molar-refractivity contribution in [1.82, 2.24) is 0 Å². The van der Waals surface area contributed by atoms with E-state index in [4.69, 9.17) is 11.6 Å². The van der Waals surface area contributed by atoms with Crippen molar-refractivity contribution in [3.05, 3.63) is 40.7 Å². The Kier molecular flexibility index (Phi) is 5.04. The number of hydrogen-bond acceptors (Lipinski definition) is 3. The van der Waals surface area contributed by atoms with Crippen LogP contribution in [0.1, 0.15) is 11.1 Å². The van der Waals surface area contributed by atoms with Crippen LogP contribution in [0.25, 0.3) is 6.08 Å². The first-order valence-corrected chi connectivity index (χ1v) is 5.68. The summed E-state index contributed by atoms with van der Waals surface area (Å²) in [5, 5.41) is 0. The summed E-state index contributed by atoms with van der Waals surface area (Å²) in [5.74, 6) is -1.99. The van der Waals surface area contributed by atoms with Gasteiger partial charge in [-0.15, -0.1) is 11.6 Å². The molecule has 0 saturated heterocycles. The fraction of sp³-hybridized carbons (Fsp3) is 0.231. The van der Waals surface area contributed by atoms with Gasteiger partial charge in [-0.2, -0.15) is 0 Å². The molecule has 0 N–H and O–H groups in total. The van der Waals surface area contributed by atoms with E-state index < -0.39 is 11.8 Å². The number of alkyl halides is 1. The molecule has 0 bridgehead atoms. The summed E-state index contributed by atoms with van der Waals surface area (Å²) in [6.45, 7) is 1.68. The standard InChI is InChI=1S/C13H12ClFO3/c1-8-5-10(15)4-3-9(8)6-11(12(16)7-14)13(17)18-2/h3-6H,7H2,1-2H3/b11-6-. The van der Waals surface area contributed by atoms with Crippen LogP contribution in [0.5, 0.6) is 0 Å². The highest BCUT2D eigenvalue weighted by Crippen LogP contribution is 2.15. The quantitative estimate of drug-likeness (QED) is 0.278.